The normalized spacial score (nSPS) is 25.7. The molecule has 1 amide bonds. The first-order valence-corrected chi connectivity index (χ1v) is 7.42. The van der Waals surface area contributed by atoms with Gasteiger partial charge in [0.15, 0.2) is 0 Å². The van der Waals surface area contributed by atoms with Crippen molar-refractivity contribution in [2.45, 2.75) is 44.9 Å². The molecule has 2 aliphatic rings. The van der Waals surface area contributed by atoms with Gasteiger partial charge < -0.3 is 15.4 Å². The van der Waals surface area contributed by atoms with Crippen molar-refractivity contribution < 1.29 is 9.53 Å². The molecule has 1 aliphatic carbocycles. The lowest BCUT2D eigenvalue weighted by Crippen LogP contribution is -2.38. The van der Waals surface area contributed by atoms with Crippen molar-refractivity contribution in [3.63, 3.8) is 0 Å². The summed E-state index contributed by atoms with van der Waals surface area (Å²) in [5.74, 6) is 0.233. The lowest BCUT2D eigenvalue weighted by Gasteiger charge is -2.25. The minimum atomic E-state index is 0.0137. The fourth-order valence-electron chi connectivity index (χ4n) is 2.83. The summed E-state index contributed by atoms with van der Waals surface area (Å²) in [5.41, 5.74) is 7.71. The Morgan fingerprint density at radius 3 is 2.55 bits per heavy atom. The van der Waals surface area contributed by atoms with E-state index in [2.05, 4.69) is 0 Å². The zero-order valence-electron chi connectivity index (χ0n) is 11.9. The van der Waals surface area contributed by atoms with Crippen LogP contribution in [-0.4, -0.2) is 24.7 Å². The molecule has 4 heteroatoms. The van der Waals surface area contributed by atoms with E-state index in [9.17, 15) is 4.79 Å². The Hall–Kier alpha value is -1.39. The van der Waals surface area contributed by atoms with Gasteiger partial charge in [0.25, 0.3) is 0 Å². The smallest absolute Gasteiger partial charge is 0.232 e. The Kier molecular flexibility index (Phi) is 3.76. The van der Waals surface area contributed by atoms with E-state index in [1.165, 1.54) is 0 Å². The first-order valence-electron chi connectivity index (χ1n) is 7.42. The summed E-state index contributed by atoms with van der Waals surface area (Å²) >= 11 is 0. The molecule has 4 nitrogen and oxygen atoms in total. The van der Waals surface area contributed by atoms with E-state index in [1.807, 2.05) is 36.1 Å². The van der Waals surface area contributed by atoms with Crippen molar-refractivity contribution in [2.75, 3.05) is 11.5 Å². The first kappa shape index (κ1) is 13.6. The Bertz CT molecular complexity index is 482. The Morgan fingerprint density at radius 2 is 2.05 bits per heavy atom. The molecule has 1 aliphatic heterocycles. The number of hydrogen-bond acceptors (Lipinski definition) is 3. The second-order valence-corrected chi connectivity index (χ2v) is 5.89. The van der Waals surface area contributed by atoms with Crippen LogP contribution >= 0.6 is 0 Å². The lowest BCUT2D eigenvalue weighted by molar-refractivity contribution is -0.122. The van der Waals surface area contributed by atoms with Crippen LogP contribution in [0, 0.1) is 5.92 Å². The maximum atomic E-state index is 12.7. The molecule has 1 aromatic rings. The monoisotopic (exact) mass is 274 g/mol. The Labute approximate surface area is 119 Å². The average Bonchev–Trinajstić information content (AvgIpc) is 3.20. The van der Waals surface area contributed by atoms with Crippen molar-refractivity contribution in [1.29, 1.82) is 0 Å². The highest BCUT2D eigenvalue weighted by atomic mass is 16.5. The van der Waals surface area contributed by atoms with Gasteiger partial charge in [0.2, 0.25) is 5.91 Å². The fourth-order valence-corrected chi connectivity index (χ4v) is 2.83. The third kappa shape index (κ3) is 2.72. The van der Waals surface area contributed by atoms with Crippen LogP contribution in [0.25, 0.3) is 0 Å². The molecule has 1 aromatic carbocycles. The van der Waals surface area contributed by atoms with Crippen molar-refractivity contribution in [3.05, 3.63) is 29.8 Å². The molecule has 2 N–H and O–H groups in total. The highest BCUT2D eigenvalue weighted by molar-refractivity contribution is 5.96. The topological polar surface area (TPSA) is 55.6 Å². The van der Waals surface area contributed by atoms with Crippen LogP contribution in [-0.2, 0) is 16.1 Å². The predicted molar refractivity (Wildman–Crippen MR) is 78.4 cm³/mol. The average molecular weight is 274 g/mol. The highest BCUT2D eigenvalue weighted by Crippen LogP contribution is 2.34. The molecular weight excluding hydrogens is 252 g/mol. The molecule has 1 saturated heterocycles. The number of benzene rings is 1. The van der Waals surface area contributed by atoms with Gasteiger partial charge in [-0.3, -0.25) is 4.79 Å². The molecule has 20 heavy (non-hydrogen) atoms. The summed E-state index contributed by atoms with van der Waals surface area (Å²) < 4.78 is 5.55. The van der Waals surface area contributed by atoms with Crippen LogP contribution in [0.1, 0.15) is 31.7 Å². The number of nitrogens with zero attached hydrogens (tertiary/aromatic N) is 1. The summed E-state index contributed by atoms with van der Waals surface area (Å²) in [5, 5.41) is 0. The second kappa shape index (κ2) is 5.54. The van der Waals surface area contributed by atoms with Crippen molar-refractivity contribution >= 4 is 11.6 Å². The van der Waals surface area contributed by atoms with Crippen LogP contribution in [0.5, 0.6) is 0 Å². The molecule has 0 bridgehead atoms. The maximum Gasteiger partial charge on any atom is 0.232 e. The molecule has 3 rings (SSSR count). The molecule has 2 unspecified atom stereocenters. The molecule has 0 aromatic heterocycles. The second-order valence-electron chi connectivity index (χ2n) is 5.89. The third-order valence-corrected chi connectivity index (χ3v) is 4.15. The molecule has 2 fully saturated rings. The Morgan fingerprint density at radius 1 is 1.35 bits per heavy atom. The maximum absolute atomic E-state index is 12.7. The van der Waals surface area contributed by atoms with Gasteiger partial charge in [-0.25, -0.2) is 0 Å². The van der Waals surface area contributed by atoms with E-state index in [1.54, 1.807) is 0 Å². The van der Waals surface area contributed by atoms with Crippen molar-refractivity contribution in [3.8, 4) is 0 Å². The van der Waals surface area contributed by atoms with Crippen LogP contribution < -0.4 is 10.6 Å². The third-order valence-electron chi connectivity index (χ3n) is 4.15. The highest BCUT2D eigenvalue weighted by Gasteiger charge is 2.39. The summed E-state index contributed by atoms with van der Waals surface area (Å²) in [6.07, 6.45) is 3.24. The van der Waals surface area contributed by atoms with Crippen molar-refractivity contribution in [1.82, 2.24) is 0 Å². The molecule has 0 spiro atoms. The largest absolute Gasteiger partial charge is 0.378 e. The lowest BCUT2D eigenvalue weighted by atomic mass is 10.0. The SMILES string of the molecule is CC1CC(C(=O)N(c2ccc(CN)cc2)C2CC2)CO1. The predicted octanol–water partition coefficient (Wildman–Crippen LogP) is 2.07. The molecule has 1 saturated carbocycles. The number of carbonyl (C=O) groups excluding carboxylic acids is 1. The number of anilines is 1. The van der Waals surface area contributed by atoms with E-state index in [0.29, 0.717) is 19.2 Å². The van der Waals surface area contributed by atoms with E-state index >= 15 is 0 Å². The van der Waals surface area contributed by atoms with Crippen LogP contribution in [0.15, 0.2) is 24.3 Å². The van der Waals surface area contributed by atoms with Gasteiger partial charge in [0.05, 0.1) is 18.6 Å². The quantitative estimate of drug-likeness (QED) is 0.914. The fraction of sp³-hybridized carbons (Fsp3) is 0.562. The Balaban J connectivity index is 1.79. The van der Waals surface area contributed by atoms with Gasteiger partial charge in [0, 0.05) is 18.3 Å². The molecule has 2 atom stereocenters. The number of ether oxygens (including phenoxy) is 1. The number of hydrogen-bond donors (Lipinski definition) is 1. The summed E-state index contributed by atoms with van der Waals surface area (Å²) in [6.45, 7) is 3.13. The van der Waals surface area contributed by atoms with E-state index < -0.39 is 0 Å². The minimum Gasteiger partial charge on any atom is -0.378 e. The van der Waals surface area contributed by atoms with Crippen molar-refractivity contribution in [2.24, 2.45) is 11.7 Å². The molecular formula is C16H22N2O2. The molecule has 0 radical (unpaired) electrons. The number of amides is 1. The summed E-state index contributed by atoms with van der Waals surface area (Å²) in [4.78, 5) is 14.7. The molecule has 108 valence electrons. The molecule has 1 heterocycles. The van der Waals surface area contributed by atoms with Crippen LogP contribution in [0.2, 0.25) is 0 Å². The summed E-state index contributed by atoms with van der Waals surface area (Å²) in [6, 6.07) is 8.41. The standard InChI is InChI=1S/C16H22N2O2/c1-11-8-13(10-20-11)16(19)18(15-6-7-15)14-4-2-12(9-17)3-5-14/h2-5,11,13,15H,6-10,17H2,1H3. The van der Waals surface area contributed by atoms with Gasteiger partial charge in [-0.15, -0.1) is 0 Å². The number of rotatable bonds is 4. The van der Waals surface area contributed by atoms with Gasteiger partial charge in [-0.05, 0) is 43.9 Å². The zero-order valence-corrected chi connectivity index (χ0v) is 11.9. The van der Waals surface area contributed by atoms with Gasteiger partial charge >= 0.3 is 0 Å². The van der Waals surface area contributed by atoms with Crippen LogP contribution in [0.4, 0.5) is 5.69 Å². The summed E-state index contributed by atoms with van der Waals surface area (Å²) in [7, 11) is 0. The van der Waals surface area contributed by atoms with Gasteiger partial charge in [0.1, 0.15) is 0 Å². The van der Waals surface area contributed by atoms with E-state index in [4.69, 9.17) is 10.5 Å². The van der Waals surface area contributed by atoms with Gasteiger partial charge in [-0.2, -0.15) is 0 Å². The van der Waals surface area contributed by atoms with Crippen LogP contribution in [0.3, 0.4) is 0 Å². The zero-order chi connectivity index (χ0) is 14.1. The van der Waals surface area contributed by atoms with E-state index in [0.717, 1.165) is 30.5 Å². The number of carbonyl (C=O) groups is 1. The first-order chi connectivity index (χ1) is 9.69. The minimum absolute atomic E-state index is 0.0137. The van der Waals surface area contributed by atoms with E-state index in [-0.39, 0.29) is 17.9 Å². The van der Waals surface area contributed by atoms with Gasteiger partial charge in [-0.1, -0.05) is 12.1 Å². The number of nitrogens with two attached hydrogens (primary N) is 1.